The molecule has 5 heteroatoms. The van der Waals surface area contributed by atoms with E-state index >= 15 is 0 Å². The third-order valence-corrected chi connectivity index (χ3v) is 4.57. The predicted octanol–water partition coefficient (Wildman–Crippen LogP) is 3.35. The van der Waals surface area contributed by atoms with Crippen LogP contribution in [0.1, 0.15) is 43.2 Å². The van der Waals surface area contributed by atoms with Gasteiger partial charge in [-0.3, -0.25) is 14.8 Å². The lowest BCUT2D eigenvalue weighted by atomic mass is 9.98. The van der Waals surface area contributed by atoms with Gasteiger partial charge >= 0.3 is 0 Å². The largest absolute Gasteiger partial charge is 0.368 e. The van der Waals surface area contributed by atoms with Gasteiger partial charge in [0.1, 0.15) is 6.61 Å². The van der Waals surface area contributed by atoms with Crippen LogP contribution in [-0.4, -0.2) is 33.5 Å². The highest BCUT2D eigenvalue weighted by atomic mass is 16.5. The normalized spacial score (nSPS) is 15.0. The van der Waals surface area contributed by atoms with Crippen LogP contribution in [0.15, 0.2) is 49.1 Å². The molecule has 0 saturated heterocycles. The lowest BCUT2D eigenvalue weighted by molar-refractivity contribution is -0.140. The van der Waals surface area contributed by atoms with Gasteiger partial charge in [0.15, 0.2) is 0 Å². The van der Waals surface area contributed by atoms with Crippen molar-refractivity contribution >= 4 is 5.91 Å². The summed E-state index contributed by atoms with van der Waals surface area (Å²) < 4.78 is 5.88. The van der Waals surface area contributed by atoms with E-state index in [1.807, 2.05) is 29.2 Å². The molecule has 1 aliphatic carbocycles. The first kappa shape index (κ1) is 17.5. The Labute approximate surface area is 149 Å². The van der Waals surface area contributed by atoms with E-state index < -0.39 is 0 Å². The van der Waals surface area contributed by atoms with Gasteiger partial charge in [0.2, 0.25) is 5.91 Å². The Morgan fingerprint density at radius 3 is 2.48 bits per heavy atom. The minimum absolute atomic E-state index is 0.0197. The van der Waals surface area contributed by atoms with Gasteiger partial charge in [0.25, 0.3) is 0 Å². The summed E-state index contributed by atoms with van der Waals surface area (Å²) in [5.41, 5.74) is 2.08. The maximum absolute atomic E-state index is 12.8. The van der Waals surface area contributed by atoms with Gasteiger partial charge in [0.05, 0.1) is 6.10 Å². The minimum atomic E-state index is 0.0197. The Hall–Kier alpha value is -2.27. The van der Waals surface area contributed by atoms with Crippen LogP contribution in [0.25, 0.3) is 0 Å². The molecule has 0 bridgehead atoms. The summed E-state index contributed by atoms with van der Waals surface area (Å²) in [6, 6.07) is 7.75. The Bertz CT molecular complexity index is 601. The molecular weight excluding hydrogens is 314 g/mol. The molecule has 1 fully saturated rings. The van der Waals surface area contributed by atoms with Crippen molar-refractivity contribution in [3.05, 3.63) is 60.2 Å². The molecule has 25 heavy (non-hydrogen) atoms. The second-order valence-electron chi connectivity index (χ2n) is 6.54. The van der Waals surface area contributed by atoms with Crippen LogP contribution in [0.2, 0.25) is 0 Å². The molecule has 132 valence electrons. The number of aromatic nitrogens is 2. The highest BCUT2D eigenvalue weighted by Crippen LogP contribution is 2.20. The van der Waals surface area contributed by atoms with E-state index in [-0.39, 0.29) is 18.6 Å². The van der Waals surface area contributed by atoms with Crippen LogP contribution in [0.4, 0.5) is 0 Å². The molecule has 0 radical (unpaired) electrons. The smallest absolute Gasteiger partial charge is 0.249 e. The van der Waals surface area contributed by atoms with E-state index in [2.05, 4.69) is 9.97 Å². The summed E-state index contributed by atoms with van der Waals surface area (Å²) in [5.74, 6) is 0.0197. The molecule has 0 spiro atoms. The standard InChI is InChI=1S/C20H25N3O2/c24-20(16-25-19-6-2-1-3-7-19)23(14-17-8-11-21-12-9-17)15-18-5-4-10-22-13-18/h4-5,8-13,19H,1-3,6-7,14-16H2. The average molecular weight is 339 g/mol. The maximum Gasteiger partial charge on any atom is 0.249 e. The first-order valence-electron chi connectivity index (χ1n) is 8.98. The third kappa shape index (κ3) is 5.64. The SMILES string of the molecule is O=C(COC1CCCCC1)N(Cc1ccncc1)Cc1cccnc1. The van der Waals surface area contributed by atoms with Gasteiger partial charge in [-0.15, -0.1) is 0 Å². The molecule has 2 heterocycles. The van der Waals surface area contributed by atoms with E-state index in [1.54, 1.807) is 24.8 Å². The molecule has 0 aliphatic heterocycles. The number of hydrogen-bond donors (Lipinski definition) is 0. The number of carbonyl (C=O) groups excluding carboxylic acids is 1. The van der Waals surface area contributed by atoms with Crippen LogP contribution in [0.3, 0.4) is 0 Å². The van der Waals surface area contributed by atoms with Gasteiger partial charge < -0.3 is 9.64 Å². The van der Waals surface area contributed by atoms with E-state index in [4.69, 9.17) is 4.74 Å². The van der Waals surface area contributed by atoms with Crippen molar-refractivity contribution in [1.82, 2.24) is 14.9 Å². The maximum atomic E-state index is 12.8. The number of nitrogens with zero attached hydrogens (tertiary/aromatic N) is 3. The van der Waals surface area contributed by atoms with Crippen molar-refractivity contribution in [2.24, 2.45) is 0 Å². The highest BCUT2D eigenvalue weighted by Gasteiger charge is 2.19. The molecule has 0 atom stereocenters. The fraction of sp³-hybridized carbons (Fsp3) is 0.450. The zero-order chi connectivity index (χ0) is 17.3. The topological polar surface area (TPSA) is 55.3 Å². The van der Waals surface area contributed by atoms with Crippen LogP contribution in [-0.2, 0) is 22.6 Å². The van der Waals surface area contributed by atoms with Crippen LogP contribution < -0.4 is 0 Å². The summed E-state index contributed by atoms with van der Waals surface area (Å²) in [4.78, 5) is 22.8. The van der Waals surface area contributed by atoms with Crippen LogP contribution in [0.5, 0.6) is 0 Å². The predicted molar refractivity (Wildman–Crippen MR) is 95.6 cm³/mol. The number of amides is 1. The molecule has 2 aromatic heterocycles. The molecule has 5 nitrogen and oxygen atoms in total. The first-order valence-corrected chi connectivity index (χ1v) is 8.98. The second-order valence-corrected chi connectivity index (χ2v) is 6.54. The number of pyridine rings is 2. The van der Waals surface area contributed by atoms with Crippen molar-refractivity contribution in [1.29, 1.82) is 0 Å². The number of rotatable bonds is 7. The van der Waals surface area contributed by atoms with Crippen molar-refractivity contribution < 1.29 is 9.53 Å². The summed E-state index contributed by atoms with van der Waals surface area (Å²) in [6.07, 6.45) is 13.1. The molecule has 2 aromatic rings. The van der Waals surface area contributed by atoms with Gasteiger partial charge in [-0.1, -0.05) is 25.3 Å². The van der Waals surface area contributed by atoms with Crippen molar-refractivity contribution in [2.45, 2.75) is 51.3 Å². The van der Waals surface area contributed by atoms with E-state index in [9.17, 15) is 4.79 Å². The molecule has 0 unspecified atom stereocenters. The fourth-order valence-corrected chi connectivity index (χ4v) is 3.17. The second kappa shape index (κ2) is 9.28. The Kier molecular flexibility index (Phi) is 6.51. The molecule has 1 saturated carbocycles. The quantitative estimate of drug-likeness (QED) is 0.776. The Balaban J connectivity index is 1.62. The van der Waals surface area contributed by atoms with Crippen molar-refractivity contribution in [2.75, 3.05) is 6.61 Å². The highest BCUT2D eigenvalue weighted by molar-refractivity contribution is 5.77. The van der Waals surface area contributed by atoms with Crippen molar-refractivity contribution in [3.63, 3.8) is 0 Å². The molecule has 1 amide bonds. The summed E-state index contributed by atoms with van der Waals surface area (Å²) in [5, 5.41) is 0. The fourth-order valence-electron chi connectivity index (χ4n) is 3.17. The zero-order valence-electron chi connectivity index (χ0n) is 14.5. The van der Waals surface area contributed by atoms with E-state index in [0.717, 1.165) is 24.0 Å². The van der Waals surface area contributed by atoms with Gasteiger partial charge in [0, 0.05) is 37.9 Å². The van der Waals surface area contributed by atoms with Crippen LogP contribution in [0, 0.1) is 0 Å². The number of ether oxygens (including phenoxy) is 1. The van der Waals surface area contributed by atoms with Gasteiger partial charge in [-0.2, -0.15) is 0 Å². The lowest BCUT2D eigenvalue weighted by Crippen LogP contribution is -2.34. The van der Waals surface area contributed by atoms with E-state index in [1.165, 1.54) is 19.3 Å². The minimum Gasteiger partial charge on any atom is -0.368 e. The zero-order valence-corrected chi connectivity index (χ0v) is 14.5. The molecule has 0 N–H and O–H groups in total. The van der Waals surface area contributed by atoms with Crippen LogP contribution >= 0.6 is 0 Å². The van der Waals surface area contributed by atoms with Gasteiger partial charge in [-0.05, 0) is 42.2 Å². The molecule has 1 aliphatic rings. The Morgan fingerprint density at radius 2 is 1.76 bits per heavy atom. The summed E-state index contributed by atoms with van der Waals surface area (Å²) in [6.45, 7) is 1.23. The average Bonchev–Trinajstić information content (AvgIpc) is 2.68. The number of carbonyl (C=O) groups is 1. The summed E-state index contributed by atoms with van der Waals surface area (Å²) >= 11 is 0. The first-order chi connectivity index (χ1) is 12.3. The Morgan fingerprint density at radius 1 is 1.00 bits per heavy atom. The van der Waals surface area contributed by atoms with Crippen molar-refractivity contribution in [3.8, 4) is 0 Å². The lowest BCUT2D eigenvalue weighted by Gasteiger charge is -2.26. The number of hydrogen-bond acceptors (Lipinski definition) is 4. The monoisotopic (exact) mass is 339 g/mol. The summed E-state index contributed by atoms with van der Waals surface area (Å²) in [7, 11) is 0. The molecule has 3 rings (SSSR count). The van der Waals surface area contributed by atoms with E-state index in [0.29, 0.717) is 13.1 Å². The molecule has 0 aromatic carbocycles. The third-order valence-electron chi connectivity index (χ3n) is 4.57. The molecular formula is C20H25N3O2. The van der Waals surface area contributed by atoms with Gasteiger partial charge in [-0.25, -0.2) is 0 Å².